The first-order valence-corrected chi connectivity index (χ1v) is 10.2. The monoisotopic (exact) mass is 439 g/mol. The van der Waals surface area contributed by atoms with E-state index in [0.717, 1.165) is 17.3 Å². The lowest BCUT2D eigenvalue weighted by Gasteiger charge is -2.09. The van der Waals surface area contributed by atoms with Gasteiger partial charge in [0.15, 0.2) is 11.0 Å². The number of rotatable bonds is 8. The van der Waals surface area contributed by atoms with Crippen molar-refractivity contribution in [2.75, 3.05) is 6.61 Å². The van der Waals surface area contributed by atoms with Gasteiger partial charge in [0.05, 0.1) is 0 Å². The minimum atomic E-state index is -1.08. The van der Waals surface area contributed by atoms with E-state index >= 15 is 0 Å². The Bertz CT molecular complexity index is 1120. The van der Waals surface area contributed by atoms with E-state index in [-0.39, 0.29) is 11.5 Å². The second-order valence-electron chi connectivity index (χ2n) is 6.00. The van der Waals surface area contributed by atoms with Crippen LogP contribution in [0.15, 0.2) is 58.6 Å². The minimum absolute atomic E-state index is 0.0801. The average molecular weight is 440 g/mol. The fourth-order valence-electron chi connectivity index (χ4n) is 2.69. The van der Waals surface area contributed by atoms with Gasteiger partial charge in [-0.2, -0.15) is 0 Å². The molecule has 0 saturated heterocycles. The summed E-state index contributed by atoms with van der Waals surface area (Å²) in [5.41, 5.74) is 1.45. The maximum atomic E-state index is 11.9. The number of carboxylic acids is 1. The highest BCUT2D eigenvalue weighted by Crippen LogP contribution is 2.32. The predicted octanol–water partition coefficient (Wildman–Crippen LogP) is 4.85. The van der Waals surface area contributed by atoms with Crippen molar-refractivity contribution in [1.82, 2.24) is 14.8 Å². The van der Waals surface area contributed by atoms with Crippen molar-refractivity contribution < 1.29 is 14.6 Å². The Morgan fingerprint density at radius 3 is 2.67 bits per heavy atom. The van der Waals surface area contributed by atoms with E-state index in [1.165, 1.54) is 6.08 Å². The number of benzene rings is 2. The molecule has 0 spiro atoms. The zero-order valence-electron chi connectivity index (χ0n) is 16.1. The second-order valence-corrected chi connectivity index (χ2v) is 7.45. The molecule has 2 aromatic carbocycles. The summed E-state index contributed by atoms with van der Waals surface area (Å²) in [7, 11) is 0. The maximum Gasteiger partial charge on any atom is 0.342 e. The first-order valence-electron chi connectivity index (χ1n) is 9.00. The van der Waals surface area contributed by atoms with E-state index < -0.39 is 5.97 Å². The molecular weight excluding hydrogens is 422 g/mol. The molecule has 152 valence electrons. The second kappa shape index (κ2) is 10.0. The van der Waals surface area contributed by atoms with Gasteiger partial charge in [-0.05, 0) is 55.1 Å². The number of terminal acetylenes is 1. The number of thioether (sulfide) groups is 1. The van der Waals surface area contributed by atoms with Crippen molar-refractivity contribution in [2.24, 2.45) is 0 Å². The van der Waals surface area contributed by atoms with Crippen molar-refractivity contribution in [1.29, 1.82) is 0 Å². The Balaban J connectivity index is 1.95. The molecule has 0 unspecified atom stereocenters. The normalized spacial score (nSPS) is 11.2. The molecule has 3 aromatic rings. The molecule has 1 aromatic heterocycles. The summed E-state index contributed by atoms with van der Waals surface area (Å²) in [6.07, 6.45) is 6.79. The molecule has 30 heavy (non-hydrogen) atoms. The Morgan fingerprint density at radius 2 is 2.00 bits per heavy atom. The third-order valence-electron chi connectivity index (χ3n) is 4.06. The molecule has 0 saturated carbocycles. The van der Waals surface area contributed by atoms with Gasteiger partial charge in [0.2, 0.25) is 0 Å². The van der Waals surface area contributed by atoms with Gasteiger partial charge >= 0.3 is 5.97 Å². The van der Waals surface area contributed by atoms with E-state index in [0.29, 0.717) is 33.9 Å². The Hall–Kier alpha value is -3.21. The first-order chi connectivity index (χ1) is 14.5. The highest BCUT2D eigenvalue weighted by molar-refractivity contribution is 8.04. The average Bonchev–Trinajstić information content (AvgIpc) is 3.15. The van der Waals surface area contributed by atoms with Crippen LogP contribution < -0.4 is 4.74 Å². The highest BCUT2D eigenvalue weighted by atomic mass is 35.5. The molecule has 0 fully saturated rings. The van der Waals surface area contributed by atoms with Crippen molar-refractivity contribution in [2.45, 2.75) is 18.6 Å². The van der Waals surface area contributed by atoms with Gasteiger partial charge in [0.1, 0.15) is 17.3 Å². The van der Waals surface area contributed by atoms with Crippen LogP contribution in [-0.2, 0) is 11.3 Å². The van der Waals surface area contributed by atoms with Gasteiger partial charge in [-0.3, -0.25) is 0 Å². The number of halogens is 1. The van der Waals surface area contributed by atoms with Crippen LogP contribution in [0.3, 0.4) is 0 Å². The summed E-state index contributed by atoms with van der Waals surface area (Å²) in [4.78, 5) is 12.0. The van der Waals surface area contributed by atoms with E-state index in [1.54, 1.807) is 36.4 Å². The van der Waals surface area contributed by atoms with Crippen LogP contribution in [0, 0.1) is 12.3 Å². The third kappa shape index (κ3) is 5.03. The number of aliphatic carboxylic acids is 1. The molecule has 8 heteroatoms. The summed E-state index contributed by atoms with van der Waals surface area (Å²) >= 11 is 6.99. The van der Waals surface area contributed by atoms with E-state index in [2.05, 4.69) is 16.1 Å². The van der Waals surface area contributed by atoms with E-state index in [4.69, 9.17) is 22.8 Å². The number of carboxylic acid groups (broad SMARTS) is 1. The predicted molar refractivity (Wildman–Crippen MR) is 118 cm³/mol. The van der Waals surface area contributed by atoms with Crippen LogP contribution in [0.2, 0.25) is 5.02 Å². The molecule has 1 heterocycles. The lowest BCUT2D eigenvalue weighted by molar-refractivity contribution is -0.131. The van der Waals surface area contributed by atoms with Gasteiger partial charge in [-0.15, -0.1) is 16.6 Å². The van der Waals surface area contributed by atoms with Crippen molar-refractivity contribution >= 4 is 35.4 Å². The largest absolute Gasteiger partial charge is 0.480 e. The summed E-state index contributed by atoms with van der Waals surface area (Å²) in [6, 6.07) is 14.3. The zero-order valence-corrected chi connectivity index (χ0v) is 17.7. The van der Waals surface area contributed by atoms with Gasteiger partial charge in [-0.25, -0.2) is 4.79 Å². The van der Waals surface area contributed by atoms with Crippen molar-refractivity contribution in [3.05, 3.63) is 64.0 Å². The van der Waals surface area contributed by atoms with Gasteiger partial charge < -0.3 is 14.4 Å². The topological polar surface area (TPSA) is 77.2 Å². The van der Waals surface area contributed by atoms with Crippen LogP contribution in [0.1, 0.15) is 12.5 Å². The third-order valence-corrected chi connectivity index (χ3v) is 5.31. The molecular formula is C22H18ClN3O3S. The van der Waals surface area contributed by atoms with E-state index in [9.17, 15) is 9.90 Å². The van der Waals surface area contributed by atoms with Crippen molar-refractivity contribution in [3.63, 3.8) is 0 Å². The Kier molecular flexibility index (Phi) is 7.17. The molecule has 0 amide bonds. The number of hydrogen-bond acceptors (Lipinski definition) is 5. The molecule has 0 radical (unpaired) electrons. The summed E-state index contributed by atoms with van der Waals surface area (Å²) < 4.78 is 7.36. The van der Waals surface area contributed by atoms with Gasteiger partial charge in [0, 0.05) is 22.7 Å². The van der Waals surface area contributed by atoms with Crippen LogP contribution in [-0.4, -0.2) is 32.4 Å². The molecule has 0 aliphatic heterocycles. The zero-order chi connectivity index (χ0) is 21.5. The molecule has 0 bridgehead atoms. The van der Waals surface area contributed by atoms with Crippen LogP contribution in [0.25, 0.3) is 17.5 Å². The van der Waals surface area contributed by atoms with Gasteiger partial charge in [-0.1, -0.05) is 35.7 Å². The molecule has 0 atom stereocenters. The first kappa shape index (κ1) is 21.5. The number of hydrogen-bond donors (Lipinski definition) is 1. The summed E-state index contributed by atoms with van der Waals surface area (Å²) in [6.45, 7) is 2.61. The molecule has 0 aliphatic carbocycles. The quantitative estimate of drug-likeness (QED) is 0.307. The fourth-order valence-corrected chi connectivity index (χ4v) is 3.69. The minimum Gasteiger partial charge on any atom is -0.480 e. The lowest BCUT2D eigenvalue weighted by Crippen LogP contribution is -2.03. The Labute approximate surface area is 183 Å². The molecule has 3 rings (SSSR count). The number of aromatic nitrogens is 3. The van der Waals surface area contributed by atoms with E-state index in [1.807, 2.05) is 23.6 Å². The number of para-hydroxylation sites is 1. The van der Waals surface area contributed by atoms with Crippen molar-refractivity contribution in [3.8, 4) is 29.5 Å². The number of nitrogens with zero attached hydrogens (tertiary/aromatic N) is 3. The smallest absolute Gasteiger partial charge is 0.342 e. The maximum absolute atomic E-state index is 11.9. The SMILES string of the molecule is C#CCOc1ccccc1/C=C(\Sc1nnc(-c2ccc(Cl)cc2)n1CC)C(=O)O. The summed E-state index contributed by atoms with van der Waals surface area (Å²) in [5, 5.41) is 19.3. The highest BCUT2D eigenvalue weighted by Gasteiger charge is 2.18. The standard InChI is InChI=1S/C22H18ClN3O3S/c1-3-13-29-18-8-6-5-7-16(18)14-19(21(27)28)30-22-25-24-20(26(22)4-2)15-9-11-17(23)12-10-15/h1,5-12,14H,4,13H2,2H3,(H,27,28)/b19-14-. The summed E-state index contributed by atoms with van der Waals surface area (Å²) in [5.74, 6) is 2.47. The Morgan fingerprint density at radius 1 is 1.27 bits per heavy atom. The van der Waals surface area contributed by atoms with Crippen LogP contribution in [0.4, 0.5) is 0 Å². The lowest BCUT2D eigenvalue weighted by atomic mass is 10.2. The van der Waals surface area contributed by atoms with Crippen LogP contribution >= 0.6 is 23.4 Å². The fraction of sp³-hybridized carbons (Fsp3) is 0.136. The number of carbonyl (C=O) groups is 1. The molecule has 1 N–H and O–H groups in total. The number of ether oxygens (including phenoxy) is 1. The molecule has 0 aliphatic rings. The molecule has 6 nitrogen and oxygen atoms in total. The van der Waals surface area contributed by atoms with Crippen LogP contribution in [0.5, 0.6) is 5.75 Å². The van der Waals surface area contributed by atoms with Gasteiger partial charge in [0.25, 0.3) is 0 Å².